The first kappa shape index (κ1) is 9.44. The van der Waals surface area contributed by atoms with Gasteiger partial charge in [0.1, 0.15) is 0 Å². The van der Waals surface area contributed by atoms with Crippen LogP contribution < -0.4 is 4.90 Å². The molecule has 1 saturated heterocycles. The SMILES string of the molecule is FCC1CCN(c2ccncc2)CC1. The van der Waals surface area contributed by atoms with Crippen molar-refractivity contribution >= 4 is 5.69 Å². The van der Waals surface area contributed by atoms with Crippen molar-refractivity contribution < 1.29 is 4.39 Å². The smallest absolute Gasteiger partial charge is 0.0923 e. The van der Waals surface area contributed by atoms with Crippen LogP contribution in [0.25, 0.3) is 0 Å². The molecule has 0 aliphatic carbocycles. The van der Waals surface area contributed by atoms with E-state index in [0.29, 0.717) is 0 Å². The lowest BCUT2D eigenvalue weighted by Crippen LogP contribution is -2.34. The van der Waals surface area contributed by atoms with E-state index in [1.165, 1.54) is 5.69 Å². The molecule has 1 aromatic rings. The molecular weight excluding hydrogens is 179 g/mol. The number of halogens is 1. The van der Waals surface area contributed by atoms with Gasteiger partial charge in [0.05, 0.1) is 6.67 Å². The number of aromatic nitrogens is 1. The molecule has 0 amide bonds. The van der Waals surface area contributed by atoms with Crippen molar-refractivity contribution in [3.63, 3.8) is 0 Å². The van der Waals surface area contributed by atoms with Crippen LogP contribution in [0.2, 0.25) is 0 Å². The fourth-order valence-corrected chi connectivity index (χ4v) is 1.90. The molecule has 1 fully saturated rings. The summed E-state index contributed by atoms with van der Waals surface area (Å²) in [5, 5.41) is 0. The molecule has 0 radical (unpaired) electrons. The van der Waals surface area contributed by atoms with Gasteiger partial charge in [0, 0.05) is 31.2 Å². The summed E-state index contributed by atoms with van der Waals surface area (Å²) in [5.41, 5.74) is 1.21. The average molecular weight is 194 g/mol. The zero-order valence-electron chi connectivity index (χ0n) is 8.19. The number of anilines is 1. The Morgan fingerprint density at radius 3 is 2.50 bits per heavy atom. The minimum Gasteiger partial charge on any atom is -0.371 e. The second-order valence-corrected chi connectivity index (χ2v) is 3.79. The van der Waals surface area contributed by atoms with Gasteiger partial charge >= 0.3 is 0 Å². The summed E-state index contributed by atoms with van der Waals surface area (Å²) < 4.78 is 12.4. The Morgan fingerprint density at radius 2 is 1.93 bits per heavy atom. The van der Waals surface area contributed by atoms with Crippen LogP contribution in [-0.4, -0.2) is 24.7 Å². The largest absolute Gasteiger partial charge is 0.371 e. The van der Waals surface area contributed by atoms with Gasteiger partial charge in [-0.25, -0.2) is 0 Å². The number of hydrogen-bond acceptors (Lipinski definition) is 2. The molecule has 0 atom stereocenters. The van der Waals surface area contributed by atoms with E-state index in [2.05, 4.69) is 9.88 Å². The van der Waals surface area contributed by atoms with Gasteiger partial charge in [0.2, 0.25) is 0 Å². The molecule has 2 heterocycles. The Morgan fingerprint density at radius 1 is 1.29 bits per heavy atom. The molecule has 0 unspecified atom stereocenters. The van der Waals surface area contributed by atoms with Gasteiger partial charge in [-0.1, -0.05) is 0 Å². The molecular formula is C11H15FN2. The van der Waals surface area contributed by atoms with Crippen molar-refractivity contribution in [2.75, 3.05) is 24.7 Å². The van der Waals surface area contributed by atoms with E-state index in [0.717, 1.165) is 25.9 Å². The van der Waals surface area contributed by atoms with Crippen molar-refractivity contribution in [1.82, 2.24) is 4.98 Å². The van der Waals surface area contributed by atoms with Gasteiger partial charge in [0.25, 0.3) is 0 Å². The van der Waals surface area contributed by atoms with E-state index in [4.69, 9.17) is 0 Å². The van der Waals surface area contributed by atoms with Crippen molar-refractivity contribution in [3.8, 4) is 0 Å². The Kier molecular flexibility index (Phi) is 2.96. The van der Waals surface area contributed by atoms with Crippen LogP contribution in [0.1, 0.15) is 12.8 Å². The van der Waals surface area contributed by atoms with Crippen LogP contribution >= 0.6 is 0 Å². The van der Waals surface area contributed by atoms with Gasteiger partial charge in [-0.15, -0.1) is 0 Å². The highest BCUT2D eigenvalue weighted by Gasteiger charge is 2.18. The Bertz CT molecular complexity index is 268. The predicted molar refractivity (Wildman–Crippen MR) is 55.1 cm³/mol. The van der Waals surface area contributed by atoms with Crippen LogP contribution in [0.4, 0.5) is 10.1 Å². The van der Waals surface area contributed by atoms with E-state index < -0.39 is 0 Å². The third kappa shape index (κ3) is 2.03. The quantitative estimate of drug-likeness (QED) is 0.718. The first-order valence-corrected chi connectivity index (χ1v) is 5.11. The molecule has 0 spiro atoms. The molecule has 0 aromatic carbocycles. The Hall–Kier alpha value is -1.12. The van der Waals surface area contributed by atoms with Gasteiger partial charge in [0.15, 0.2) is 0 Å². The highest BCUT2D eigenvalue weighted by Crippen LogP contribution is 2.22. The molecule has 1 aromatic heterocycles. The minimum atomic E-state index is -0.163. The lowest BCUT2D eigenvalue weighted by Gasteiger charge is -2.32. The normalized spacial score (nSPS) is 18.5. The zero-order valence-corrected chi connectivity index (χ0v) is 8.19. The summed E-state index contributed by atoms with van der Waals surface area (Å²) in [5.74, 6) is 0.285. The molecule has 1 aliphatic heterocycles. The molecule has 3 heteroatoms. The van der Waals surface area contributed by atoms with E-state index in [9.17, 15) is 4.39 Å². The molecule has 0 saturated carbocycles. The number of nitrogens with zero attached hydrogens (tertiary/aromatic N) is 2. The van der Waals surface area contributed by atoms with E-state index in [-0.39, 0.29) is 12.6 Å². The molecule has 0 N–H and O–H groups in total. The molecule has 2 rings (SSSR count). The van der Waals surface area contributed by atoms with Crippen molar-refractivity contribution in [2.24, 2.45) is 5.92 Å². The second-order valence-electron chi connectivity index (χ2n) is 3.79. The van der Waals surface area contributed by atoms with Crippen LogP contribution in [0.5, 0.6) is 0 Å². The molecule has 14 heavy (non-hydrogen) atoms. The maximum atomic E-state index is 12.4. The van der Waals surface area contributed by atoms with Gasteiger partial charge in [-0.2, -0.15) is 0 Å². The maximum absolute atomic E-state index is 12.4. The highest BCUT2D eigenvalue weighted by atomic mass is 19.1. The number of piperidine rings is 1. The Balaban J connectivity index is 1.96. The summed E-state index contributed by atoms with van der Waals surface area (Å²) in [6.07, 6.45) is 5.55. The van der Waals surface area contributed by atoms with Crippen LogP contribution in [-0.2, 0) is 0 Å². The standard InChI is InChI=1S/C11H15FN2/c12-9-10-3-7-14(8-4-10)11-1-5-13-6-2-11/h1-2,5-6,10H,3-4,7-9H2. The topological polar surface area (TPSA) is 16.1 Å². The first-order valence-electron chi connectivity index (χ1n) is 5.11. The third-order valence-corrected chi connectivity index (χ3v) is 2.86. The second kappa shape index (κ2) is 4.40. The minimum absolute atomic E-state index is 0.163. The van der Waals surface area contributed by atoms with E-state index in [1.807, 2.05) is 12.1 Å². The molecule has 0 bridgehead atoms. The first-order chi connectivity index (χ1) is 6.90. The lowest BCUT2D eigenvalue weighted by atomic mass is 9.98. The van der Waals surface area contributed by atoms with E-state index >= 15 is 0 Å². The van der Waals surface area contributed by atoms with Crippen molar-refractivity contribution in [3.05, 3.63) is 24.5 Å². The predicted octanol–water partition coefficient (Wildman–Crippen LogP) is 2.27. The zero-order chi connectivity index (χ0) is 9.80. The molecule has 1 aliphatic rings. The number of hydrogen-bond donors (Lipinski definition) is 0. The average Bonchev–Trinajstić information content (AvgIpc) is 2.30. The number of pyridine rings is 1. The van der Waals surface area contributed by atoms with Gasteiger partial charge in [-0.05, 0) is 30.9 Å². The van der Waals surface area contributed by atoms with Crippen molar-refractivity contribution in [2.45, 2.75) is 12.8 Å². The van der Waals surface area contributed by atoms with Crippen LogP contribution in [0, 0.1) is 5.92 Å². The number of alkyl halides is 1. The highest BCUT2D eigenvalue weighted by molar-refractivity contribution is 5.44. The van der Waals surface area contributed by atoms with Gasteiger partial charge < -0.3 is 4.90 Å². The van der Waals surface area contributed by atoms with Gasteiger partial charge in [-0.3, -0.25) is 9.37 Å². The number of rotatable bonds is 2. The van der Waals surface area contributed by atoms with Crippen molar-refractivity contribution in [1.29, 1.82) is 0 Å². The van der Waals surface area contributed by atoms with E-state index in [1.54, 1.807) is 12.4 Å². The lowest BCUT2D eigenvalue weighted by molar-refractivity contribution is 0.307. The van der Waals surface area contributed by atoms with Crippen LogP contribution in [0.3, 0.4) is 0 Å². The summed E-state index contributed by atoms with van der Waals surface area (Å²) in [7, 11) is 0. The molecule has 76 valence electrons. The summed E-state index contributed by atoms with van der Waals surface area (Å²) in [4.78, 5) is 6.28. The fraction of sp³-hybridized carbons (Fsp3) is 0.545. The maximum Gasteiger partial charge on any atom is 0.0923 e. The monoisotopic (exact) mass is 194 g/mol. The fourth-order valence-electron chi connectivity index (χ4n) is 1.90. The summed E-state index contributed by atoms with van der Waals surface area (Å²) in [6, 6.07) is 4.02. The van der Waals surface area contributed by atoms with Crippen LogP contribution in [0.15, 0.2) is 24.5 Å². The Labute approximate surface area is 83.8 Å². The third-order valence-electron chi connectivity index (χ3n) is 2.86. The summed E-state index contributed by atoms with van der Waals surface area (Å²) in [6.45, 7) is 1.78. The summed E-state index contributed by atoms with van der Waals surface area (Å²) >= 11 is 0. The molecule has 2 nitrogen and oxygen atoms in total.